The monoisotopic (exact) mass is 292 g/mol. The van der Waals surface area contributed by atoms with Crippen LogP contribution in [0.5, 0.6) is 5.75 Å². The van der Waals surface area contributed by atoms with Gasteiger partial charge in [0.05, 0.1) is 0 Å². The molecule has 0 aliphatic carbocycles. The second-order valence-electron chi connectivity index (χ2n) is 4.24. The Morgan fingerprint density at radius 2 is 1.81 bits per heavy atom. The lowest BCUT2D eigenvalue weighted by Gasteiger charge is -2.08. The highest BCUT2D eigenvalue weighted by molar-refractivity contribution is 6.04. The molecule has 4 nitrogen and oxygen atoms in total. The van der Waals surface area contributed by atoms with E-state index in [-0.39, 0.29) is 5.56 Å². The molecule has 110 valence electrons. The molecule has 0 fully saturated rings. The largest absolute Gasteiger partial charge is 0.492 e. The Kier molecular flexibility index (Phi) is 4.84. The molecule has 0 saturated carbocycles. The van der Waals surface area contributed by atoms with Gasteiger partial charge in [0.2, 0.25) is 0 Å². The number of nitrogens with one attached hydrogen (secondary N) is 1. The van der Waals surface area contributed by atoms with Crippen molar-refractivity contribution in [3.63, 3.8) is 0 Å². The highest BCUT2D eigenvalue weighted by Gasteiger charge is 2.10. The lowest BCUT2D eigenvalue weighted by Crippen LogP contribution is -2.12. The summed E-state index contributed by atoms with van der Waals surface area (Å²) in [7, 11) is 0. The predicted molar refractivity (Wildman–Crippen MR) is 75.3 cm³/mol. The summed E-state index contributed by atoms with van der Waals surface area (Å²) in [5, 5.41) is 2.58. The summed E-state index contributed by atoms with van der Waals surface area (Å²) in [6.07, 6.45) is 0. The van der Waals surface area contributed by atoms with Gasteiger partial charge < -0.3 is 15.8 Å². The van der Waals surface area contributed by atoms with Crippen molar-refractivity contribution < 1.29 is 18.3 Å². The van der Waals surface area contributed by atoms with E-state index in [1.54, 1.807) is 24.3 Å². The van der Waals surface area contributed by atoms with Crippen LogP contribution in [-0.2, 0) is 0 Å². The SMILES string of the molecule is NCCOc1ccc(NC(=O)c2ccc(F)c(F)c2)cc1. The van der Waals surface area contributed by atoms with Gasteiger partial charge in [0.25, 0.3) is 5.91 Å². The number of carbonyl (C=O) groups excluding carboxylic acids is 1. The van der Waals surface area contributed by atoms with E-state index in [9.17, 15) is 13.6 Å². The van der Waals surface area contributed by atoms with Crippen molar-refractivity contribution in [3.05, 3.63) is 59.7 Å². The molecule has 2 rings (SSSR count). The fourth-order valence-corrected chi connectivity index (χ4v) is 1.65. The zero-order valence-electron chi connectivity index (χ0n) is 11.1. The van der Waals surface area contributed by atoms with Crippen LogP contribution in [-0.4, -0.2) is 19.1 Å². The number of amides is 1. The Morgan fingerprint density at radius 3 is 2.43 bits per heavy atom. The third-order valence-corrected chi connectivity index (χ3v) is 2.68. The summed E-state index contributed by atoms with van der Waals surface area (Å²) in [5.74, 6) is -1.95. The summed E-state index contributed by atoms with van der Waals surface area (Å²) < 4.78 is 31.2. The van der Waals surface area contributed by atoms with Gasteiger partial charge in [0, 0.05) is 17.8 Å². The number of anilines is 1. The zero-order valence-corrected chi connectivity index (χ0v) is 11.1. The van der Waals surface area contributed by atoms with Gasteiger partial charge in [-0.15, -0.1) is 0 Å². The van der Waals surface area contributed by atoms with Crippen LogP contribution in [0.25, 0.3) is 0 Å². The molecule has 0 aliphatic rings. The molecule has 0 aromatic heterocycles. The van der Waals surface area contributed by atoms with Crippen molar-refractivity contribution in [2.75, 3.05) is 18.5 Å². The van der Waals surface area contributed by atoms with Crippen LogP contribution < -0.4 is 15.8 Å². The lowest BCUT2D eigenvalue weighted by atomic mass is 10.2. The second-order valence-corrected chi connectivity index (χ2v) is 4.24. The number of rotatable bonds is 5. The maximum atomic E-state index is 13.1. The smallest absolute Gasteiger partial charge is 0.255 e. The van der Waals surface area contributed by atoms with E-state index < -0.39 is 17.5 Å². The maximum absolute atomic E-state index is 13.1. The van der Waals surface area contributed by atoms with Crippen molar-refractivity contribution in [2.24, 2.45) is 5.73 Å². The highest BCUT2D eigenvalue weighted by atomic mass is 19.2. The van der Waals surface area contributed by atoms with Gasteiger partial charge in [-0.05, 0) is 42.5 Å². The van der Waals surface area contributed by atoms with E-state index in [2.05, 4.69) is 5.32 Å². The minimum atomic E-state index is -1.06. The average Bonchev–Trinajstić information content (AvgIpc) is 2.49. The van der Waals surface area contributed by atoms with Crippen molar-refractivity contribution in [1.29, 1.82) is 0 Å². The molecule has 2 aromatic rings. The Morgan fingerprint density at radius 1 is 1.10 bits per heavy atom. The quantitative estimate of drug-likeness (QED) is 0.890. The molecule has 21 heavy (non-hydrogen) atoms. The third kappa shape index (κ3) is 4.00. The molecule has 0 saturated heterocycles. The lowest BCUT2D eigenvalue weighted by molar-refractivity contribution is 0.102. The zero-order chi connectivity index (χ0) is 15.2. The number of hydrogen-bond donors (Lipinski definition) is 2. The Labute approximate surface area is 120 Å². The number of benzene rings is 2. The van der Waals surface area contributed by atoms with Crippen molar-refractivity contribution in [2.45, 2.75) is 0 Å². The molecule has 0 bridgehead atoms. The molecule has 0 unspecified atom stereocenters. The van der Waals surface area contributed by atoms with Crippen LogP contribution in [0, 0.1) is 11.6 Å². The second kappa shape index (κ2) is 6.81. The molecular weight excluding hydrogens is 278 g/mol. The molecule has 0 heterocycles. The first-order chi connectivity index (χ1) is 10.1. The third-order valence-electron chi connectivity index (χ3n) is 2.68. The van der Waals surface area contributed by atoms with Gasteiger partial charge in [0.15, 0.2) is 11.6 Å². The van der Waals surface area contributed by atoms with E-state index in [1.165, 1.54) is 6.07 Å². The van der Waals surface area contributed by atoms with Crippen molar-refractivity contribution in [1.82, 2.24) is 0 Å². The fraction of sp³-hybridized carbons (Fsp3) is 0.133. The first kappa shape index (κ1) is 14.9. The first-order valence-electron chi connectivity index (χ1n) is 6.29. The van der Waals surface area contributed by atoms with E-state index >= 15 is 0 Å². The minimum Gasteiger partial charge on any atom is -0.492 e. The first-order valence-corrected chi connectivity index (χ1v) is 6.29. The van der Waals surface area contributed by atoms with Crippen LogP contribution in [0.15, 0.2) is 42.5 Å². The van der Waals surface area contributed by atoms with Crippen LogP contribution in [0.4, 0.5) is 14.5 Å². The number of carbonyl (C=O) groups is 1. The Hall–Kier alpha value is -2.47. The average molecular weight is 292 g/mol. The van der Waals surface area contributed by atoms with E-state index in [4.69, 9.17) is 10.5 Å². The van der Waals surface area contributed by atoms with Crippen LogP contribution in [0.1, 0.15) is 10.4 Å². The summed E-state index contributed by atoms with van der Waals surface area (Å²) in [6, 6.07) is 9.62. The van der Waals surface area contributed by atoms with Crippen LogP contribution >= 0.6 is 0 Å². The van der Waals surface area contributed by atoms with Crippen molar-refractivity contribution >= 4 is 11.6 Å². The van der Waals surface area contributed by atoms with Crippen LogP contribution in [0.2, 0.25) is 0 Å². The summed E-state index contributed by atoms with van der Waals surface area (Å²) in [6.45, 7) is 0.815. The van der Waals surface area contributed by atoms with Gasteiger partial charge in [-0.3, -0.25) is 4.79 Å². The standard InChI is InChI=1S/C15H14F2N2O2/c16-13-6-1-10(9-14(13)17)15(20)19-11-2-4-12(5-3-11)21-8-7-18/h1-6,9H,7-8,18H2,(H,19,20). The van der Waals surface area contributed by atoms with Gasteiger partial charge >= 0.3 is 0 Å². The van der Waals surface area contributed by atoms with Crippen molar-refractivity contribution in [3.8, 4) is 5.75 Å². The number of ether oxygens (including phenoxy) is 1. The number of halogens is 2. The van der Waals surface area contributed by atoms with E-state index in [1.807, 2.05) is 0 Å². The van der Waals surface area contributed by atoms with Gasteiger partial charge in [-0.1, -0.05) is 0 Å². The molecule has 0 aliphatic heterocycles. The molecule has 2 aromatic carbocycles. The van der Waals surface area contributed by atoms with E-state index in [0.717, 1.165) is 12.1 Å². The molecular formula is C15H14F2N2O2. The van der Waals surface area contributed by atoms with Crippen LogP contribution in [0.3, 0.4) is 0 Å². The molecule has 1 amide bonds. The predicted octanol–water partition coefficient (Wildman–Crippen LogP) is 2.55. The highest BCUT2D eigenvalue weighted by Crippen LogP contribution is 2.17. The molecule has 0 atom stereocenters. The van der Waals surface area contributed by atoms with E-state index in [0.29, 0.717) is 24.6 Å². The molecule has 3 N–H and O–H groups in total. The Bertz CT molecular complexity index is 630. The summed E-state index contributed by atoms with van der Waals surface area (Å²) in [5.41, 5.74) is 5.88. The molecule has 0 spiro atoms. The summed E-state index contributed by atoms with van der Waals surface area (Å²) in [4.78, 5) is 11.9. The number of hydrogen-bond acceptors (Lipinski definition) is 3. The number of nitrogens with two attached hydrogens (primary N) is 1. The van der Waals surface area contributed by atoms with Gasteiger partial charge in [-0.2, -0.15) is 0 Å². The van der Waals surface area contributed by atoms with Gasteiger partial charge in [0.1, 0.15) is 12.4 Å². The normalized spacial score (nSPS) is 10.2. The van der Waals surface area contributed by atoms with Gasteiger partial charge in [-0.25, -0.2) is 8.78 Å². The topological polar surface area (TPSA) is 64.3 Å². The molecule has 6 heteroatoms. The Balaban J connectivity index is 2.03. The maximum Gasteiger partial charge on any atom is 0.255 e. The fourth-order valence-electron chi connectivity index (χ4n) is 1.65. The summed E-state index contributed by atoms with van der Waals surface area (Å²) >= 11 is 0. The minimum absolute atomic E-state index is 0.0392. The molecule has 0 radical (unpaired) electrons.